The molecule has 2 rings (SSSR count). The van der Waals surface area contributed by atoms with Gasteiger partial charge >= 0.3 is 5.97 Å². The molecule has 22 heavy (non-hydrogen) atoms. The average Bonchev–Trinajstić information content (AvgIpc) is 3.01. The Morgan fingerprint density at radius 1 is 1.14 bits per heavy atom. The summed E-state index contributed by atoms with van der Waals surface area (Å²) in [5.41, 5.74) is 0. The molecule has 3 unspecified atom stereocenters. The molecule has 2 fully saturated rings. The molecule has 5 heteroatoms. The minimum absolute atomic E-state index is 0.0537. The number of rotatable bonds is 5. The highest BCUT2D eigenvalue weighted by molar-refractivity contribution is 5.78. The van der Waals surface area contributed by atoms with Crippen LogP contribution in [0.5, 0.6) is 0 Å². The summed E-state index contributed by atoms with van der Waals surface area (Å²) < 4.78 is 4.94. The number of nitrogens with one attached hydrogen (secondary N) is 2. The maximum atomic E-state index is 12.2. The summed E-state index contributed by atoms with van der Waals surface area (Å²) in [6.45, 7) is 2.10. The number of ether oxygens (including phenoxy) is 1. The molecule has 0 radical (unpaired) electrons. The molecule has 0 aromatic rings. The van der Waals surface area contributed by atoms with Crippen LogP contribution in [-0.2, 0) is 14.3 Å². The smallest absolute Gasteiger partial charge is 0.310 e. The summed E-state index contributed by atoms with van der Waals surface area (Å²) in [5.74, 6) is 0.362. The average molecular weight is 310 g/mol. The number of carbonyl (C=O) groups is 2. The molecule has 2 aliphatic rings. The zero-order chi connectivity index (χ0) is 15.8. The Morgan fingerprint density at radius 2 is 1.91 bits per heavy atom. The maximum absolute atomic E-state index is 12.2. The SMILES string of the molecule is COC(=O)C1CCCCCCC1NC(=O)CCC1CCNC1. The molecule has 1 saturated carbocycles. The molecule has 1 aliphatic heterocycles. The van der Waals surface area contributed by atoms with Crippen molar-refractivity contribution in [1.82, 2.24) is 10.6 Å². The van der Waals surface area contributed by atoms with E-state index in [1.807, 2.05) is 0 Å². The van der Waals surface area contributed by atoms with Crippen LogP contribution in [-0.4, -0.2) is 38.1 Å². The first-order valence-corrected chi connectivity index (χ1v) is 8.78. The molecule has 0 aromatic heterocycles. The van der Waals surface area contributed by atoms with Crippen molar-refractivity contribution in [1.29, 1.82) is 0 Å². The van der Waals surface area contributed by atoms with E-state index >= 15 is 0 Å². The number of esters is 1. The fraction of sp³-hybridized carbons (Fsp3) is 0.882. The van der Waals surface area contributed by atoms with Crippen LogP contribution in [0, 0.1) is 11.8 Å². The fourth-order valence-corrected chi connectivity index (χ4v) is 3.67. The van der Waals surface area contributed by atoms with Gasteiger partial charge in [0, 0.05) is 12.5 Å². The fourth-order valence-electron chi connectivity index (χ4n) is 3.67. The van der Waals surface area contributed by atoms with E-state index in [1.54, 1.807) is 0 Å². The zero-order valence-electron chi connectivity index (χ0n) is 13.7. The molecular weight excluding hydrogens is 280 g/mol. The molecular formula is C17H30N2O3. The summed E-state index contributed by atoms with van der Waals surface area (Å²) in [5, 5.41) is 6.45. The zero-order valence-corrected chi connectivity index (χ0v) is 13.7. The Balaban J connectivity index is 1.84. The van der Waals surface area contributed by atoms with Gasteiger partial charge in [-0.15, -0.1) is 0 Å². The van der Waals surface area contributed by atoms with Gasteiger partial charge in [-0.05, 0) is 44.7 Å². The third-order valence-electron chi connectivity index (χ3n) is 5.06. The van der Waals surface area contributed by atoms with Crippen molar-refractivity contribution in [2.75, 3.05) is 20.2 Å². The van der Waals surface area contributed by atoms with Gasteiger partial charge in [-0.2, -0.15) is 0 Å². The lowest BCUT2D eigenvalue weighted by atomic mass is 9.86. The molecule has 1 aliphatic carbocycles. The number of methoxy groups -OCH3 is 1. The normalized spacial score (nSPS) is 29.4. The number of amides is 1. The highest BCUT2D eigenvalue weighted by Gasteiger charge is 2.30. The van der Waals surface area contributed by atoms with E-state index in [9.17, 15) is 9.59 Å². The van der Waals surface area contributed by atoms with Crippen molar-refractivity contribution >= 4 is 11.9 Å². The molecule has 1 heterocycles. The molecule has 2 N–H and O–H groups in total. The quantitative estimate of drug-likeness (QED) is 0.762. The van der Waals surface area contributed by atoms with Crippen molar-refractivity contribution in [3.05, 3.63) is 0 Å². The summed E-state index contributed by atoms with van der Waals surface area (Å²) in [7, 11) is 1.44. The van der Waals surface area contributed by atoms with E-state index in [1.165, 1.54) is 26.4 Å². The Hall–Kier alpha value is -1.10. The second kappa shape index (κ2) is 9.13. The Labute approximate surface area is 133 Å². The topological polar surface area (TPSA) is 67.4 Å². The first kappa shape index (κ1) is 17.3. The number of hydrogen-bond donors (Lipinski definition) is 2. The van der Waals surface area contributed by atoms with Gasteiger partial charge in [0.25, 0.3) is 0 Å². The van der Waals surface area contributed by atoms with Crippen LogP contribution in [0.4, 0.5) is 0 Å². The lowest BCUT2D eigenvalue weighted by molar-refractivity contribution is -0.147. The van der Waals surface area contributed by atoms with Gasteiger partial charge < -0.3 is 15.4 Å². The van der Waals surface area contributed by atoms with Crippen LogP contribution < -0.4 is 10.6 Å². The van der Waals surface area contributed by atoms with Gasteiger partial charge in [-0.1, -0.05) is 25.7 Å². The molecule has 126 valence electrons. The first-order chi connectivity index (χ1) is 10.7. The van der Waals surface area contributed by atoms with Crippen molar-refractivity contribution in [2.24, 2.45) is 11.8 Å². The first-order valence-electron chi connectivity index (χ1n) is 8.78. The summed E-state index contributed by atoms with van der Waals surface area (Å²) >= 11 is 0. The lowest BCUT2D eigenvalue weighted by Crippen LogP contribution is -2.44. The van der Waals surface area contributed by atoms with Crippen molar-refractivity contribution in [3.63, 3.8) is 0 Å². The largest absolute Gasteiger partial charge is 0.469 e. The Morgan fingerprint density at radius 3 is 2.59 bits per heavy atom. The van der Waals surface area contributed by atoms with Gasteiger partial charge in [-0.3, -0.25) is 9.59 Å². The van der Waals surface area contributed by atoms with E-state index in [-0.39, 0.29) is 23.8 Å². The van der Waals surface area contributed by atoms with Gasteiger partial charge in [0.05, 0.1) is 13.0 Å². The molecule has 1 saturated heterocycles. The predicted molar refractivity (Wildman–Crippen MR) is 85.3 cm³/mol. The van der Waals surface area contributed by atoms with Crippen molar-refractivity contribution < 1.29 is 14.3 Å². The standard InChI is InChI=1S/C17H30N2O3/c1-22-17(21)14-6-4-2-3-5-7-15(14)19-16(20)9-8-13-10-11-18-12-13/h13-15,18H,2-12H2,1H3,(H,19,20). The molecule has 0 spiro atoms. The minimum Gasteiger partial charge on any atom is -0.469 e. The summed E-state index contributed by atoms with van der Waals surface area (Å²) in [6.07, 6.45) is 8.86. The van der Waals surface area contributed by atoms with E-state index in [0.717, 1.165) is 45.2 Å². The summed E-state index contributed by atoms with van der Waals surface area (Å²) in [4.78, 5) is 24.2. The second-order valence-electron chi connectivity index (χ2n) is 6.69. The monoisotopic (exact) mass is 310 g/mol. The van der Waals surface area contributed by atoms with Crippen LogP contribution in [0.2, 0.25) is 0 Å². The molecule has 1 amide bonds. The van der Waals surface area contributed by atoms with Crippen LogP contribution in [0.3, 0.4) is 0 Å². The van der Waals surface area contributed by atoms with Crippen LogP contribution >= 0.6 is 0 Å². The third kappa shape index (κ3) is 5.27. The third-order valence-corrected chi connectivity index (χ3v) is 5.06. The van der Waals surface area contributed by atoms with E-state index < -0.39 is 0 Å². The molecule has 5 nitrogen and oxygen atoms in total. The van der Waals surface area contributed by atoms with Gasteiger partial charge in [-0.25, -0.2) is 0 Å². The van der Waals surface area contributed by atoms with E-state index in [2.05, 4.69) is 10.6 Å². The summed E-state index contributed by atoms with van der Waals surface area (Å²) in [6, 6.07) is -0.0537. The van der Waals surface area contributed by atoms with Crippen LogP contribution in [0.25, 0.3) is 0 Å². The number of carbonyl (C=O) groups excluding carboxylic acids is 2. The highest BCUT2D eigenvalue weighted by atomic mass is 16.5. The lowest BCUT2D eigenvalue weighted by Gasteiger charge is -2.28. The molecule has 3 atom stereocenters. The maximum Gasteiger partial charge on any atom is 0.310 e. The van der Waals surface area contributed by atoms with Crippen LogP contribution in [0.1, 0.15) is 57.8 Å². The molecule has 0 bridgehead atoms. The van der Waals surface area contributed by atoms with E-state index in [0.29, 0.717) is 12.3 Å². The molecule has 0 aromatic carbocycles. The second-order valence-corrected chi connectivity index (χ2v) is 6.69. The van der Waals surface area contributed by atoms with Gasteiger partial charge in [0.1, 0.15) is 0 Å². The van der Waals surface area contributed by atoms with Crippen molar-refractivity contribution in [2.45, 2.75) is 63.8 Å². The number of hydrogen-bond acceptors (Lipinski definition) is 4. The van der Waals surface area contributed by atoms with Gasteiger partial charge in [0.15, 0.2) is 0 Å². The van der Waals surface area contributed by atoms with E-state index in [4.69, 9.17) is 4.74 Å². The minimum atomic E-state index is -0.178. The predicted octanol–water partition coefficient (Wildman–Crippen LogP) is 2.00. The van der Waals surface area contributed by atoms with Crippen molar-refractivity contribution in [3.8, 4) is 0 Å². The Kier molecular flexibility index (Phi) is 7.16. The van der Waals surface area contributed by atoms with Crippen LogP contribution in [0.15, 0.2) is 0 Å². The highest BCUT2D eigenvalue weighted by Crippen LogP contribution is 2.24. The van der Waals surface area contributed by atoms with Gasteiger partial charge in [0.2, 0.25) is 5.91 Å². The Bertz CT molecular complexity index is 367.